The number of allylic oxidation sites excluding steroid dienone is 2. The second kappa shape index (κ2) is 19.3. The lowest BCUT2D eigenvalue weighted by Gasteiger charge is -2.35. The van der Waals surface area contributed by atoms with Crippen molar-refractivity contribution in [2.24, 2.45) is 0 Å². The van der Waals surface area contributed by atoms with Crippen LogP contribution in [0.15, 0.2) is 12.2 Å². The quantitative estimate of drug-likeness (QED) is 0.0763. The van der Waals surface area contributed by atoms with Gasteiger partial charge in [0, 0.05) is 6.42 Å². The van der Waals surface area contributed by atoms with E-state index in [2.05, 4.69) is 19.1 Å². The Bertz CT molecular complexity index is 474. The summed E-state index contributed by atoms with van der Waals surface area (Å²) in [6.45, 7) is 4.61. The number of hydrogen-bond donors (Lipinski definition) is 1. The highest BCUT2D eigenvalue weighted by Crippen LogP contribution is 2.51. The summed E-state index contributed by atoms with van der Waals surface area (Å²) in [6, 6.07) is 0. The highest BCUT2D eigenvalue weighted by atomic mass is 31.2. The van der Waals surface area contributed by atoms with E-state index in [9.17, 15) is 9.46 Å². The third kappa shape index (κ3) is 18.0. The molecule has 0 aliphatic heterocycles. The summed E-state index contributed by atoms with van der Waals surface area (Å²) in [4.78, 5) is 10.3. The lowest BCUT2D eigenvalue weighted by Crippen LogP contribution is -2.44. The number of hydrogen-bond acceptors (Lipinski definition) is 2. The van der Waals surface area contributed by atoms with E-state index in [1.54, 1.807) is 0 Å². The Morgan fingerprint density at radius 2 is 1.16 bits per heavy atom. The predicted molar refractivity (Wildman–Crippen MR) is 137 cm³/mol. The zero-order valence-corrected chi connectivity index (χ0v) is 22.5. The van der Waals surface area contributed by atoms with Crippen molar-refractivity contribution in [1.82, 2.24) is 0 Å². The fourth-order valence-corrected chi connectivity index (χ4v) is 6.10. The summed E-state index contributed by atoms with van der Waals surface area (Å²) in [5, 5.41) is 0. The van der Waals surface area contributed by atoms with Crippen molar-refractivity contribution < 1.29 is 18.5 Å². The van der Waals surface area contributed by atoms with Crippen LogP contribution in [0.3, 0.4) is 0 Å². The summed E-state index contributed by atoms with van der Waals surface area (Å²) in [5.41, 5.74) is 0. The van der Waals surface area contributed by atoms with Gasteiger partial charge in [0.1, 0.15) is 0 Å². The normalized spacial score (nSPS) is 15.4. The van der Waals surface area contributed by atoms with E-state index in [0.717, 1.165) is 25.7 Å². The van der Waals surface area contributed by atoms with Crippen molar-refractivity contribution in [1.29, 1.82) is 0 Å². The molecular weight excluding hydrogens is 405 g/mol. The largest absolute Gasteiger partial charge is 0.385 e. The van der Waals surface area contributed by atoms with Crippen molar-refractivity contribution in [2.45, 2.75) is 129 Å². The summed E-state index contributed by atoms with van der Waals surface area (Å²) in [7, 11) is 2.29. The van der Waals surface area contributed by atoms with Crippen LogP contribution in [0.5, 0.6) is 0 Å². The zero-order valence-electron chi connectivity index (χ0n) is 21.6. The molecule has 0 aliphatic rings. The first-order valence-corrected chi connectivity index (χ1v) is 14.8. The van der Waals surface area contributed by atoms with Crippen LogP contribution in [-0.2, 0) is 9.09 Å². The van der Waals surface area contributed by atoms with Gasteiger partial charge in [-0.3, -0.25) is 4.57 Å². The first-order valence-electron chi connectivity index (χ1n) is 13.2. The van der Waals surface area contributed by atoms with Crippen LogP contribution in [-0.4, -0.2) is 42.9 Å². The molecule has 0 saturated heterocycles. The molecule has 0 saturated carbocycles. The second-order valence-electron chi connectivity index (χ2n) is 10.0. The van der Waals surface area contributed by atoms with Gasteiger partial charge in [-0.15, -0.1) is 0 Å². The molecule has 0 fully saturated rings. The Morgan fingerprint density at radius 3 is 1.58 bits per heavy atom. The second-order valence-corrected chi connectivity index (χ2v) is 12.0. The molecular formula is C26H55NO3P+. The van der Waals surface area contributed by atoms with E-state index in [-0.39, 0.29) is 5.78 Å². The maximum Gasteiger partial charge on any atom is 0.385 e. The van der Waals surface area contributed by atoms with Gasteiger partial charge < -0.3 is 13.9 Å². The van der Waals surface area contributed by atoms with Gasteiger partial charge in [0.25, 0.3) is 0 Å². The smallest absolute Gasteiger partial charge is 0.320 e. The molecule has 0 rings (SSSR count). The van der Waals surface area contributed by atoms with Gasteiger partial charge >= 0.3 is 7.60 Å². The van der Waals surface area contributed by atoms with Gasteiger partial charge in [0.05, 0.1) is 27.7 Å². The topological polar surface area (TPSA) is 46.5 Å². The molecule has 186 valence electrons. The maximum atomic E-state index is 12.5. The van der Waals surface area contributed by atoms with Crippen LogP contribution in [0.1, 0.15) is 123 Å². The molecule has 31 heavy (non-hydrogen) atoms. The molecule has 0 aliphatic carbocycles. The fourth-order valence-electron chi connectivity index (χ4n) is 4.20. The Morgan fingerprint density at radius 1 is 0.742 bits per heavy atom. The van der Waals surface area contributed by atoms with E-state index < -0.39 is 7.60 Å². The summed E-state index contributed by atoms with van der Waals surface area (Å²) in [6.07, 6.45) is 26.0. The van der Waals surface area contributed by atoms with E-state index in [1.165, 1.54) is 77.0 Å². The number of unbranched alkanes of at least 4 members (excludes halogenated alkanes) is 14. The predicted octanol–water partition coefficient (Wildman–Crippen LogP) is 8.45. The van der Waals surface area contributed by atoms with Gasteiger partial charge in [-0.1, -0.05) is 96.6 Å². The molecule has 0 bridgehead atoms. The highest BCUT2D eigenvalue weighted by molar-refractivity contribution is 7.53. The van der Waals surface area contributed by atoms with E-state index >= 15 is 0 Å². The number of nitrogens with zero attached hydrogens (tertiary/aromatic N) is 1. The van der Waals surface area contributed by atoms with Gasteiger partial charge in [-0.25, -0.2) is 0 Å². The standard InChI is InChI=1S/C26H54NO3P/c1-6-8-9-10-11-12-13-14-15-16-17-18-19-20-21-22-23-24-25-30-31(28,29)26(7-2)27(3,4)5/h18-19,26H,6-17,20-25H2,1-5H3/p+1. The monoisotopic (exact) mass is 460 g/mol. The number of rotatable bonds is 22. The molecule has 2 unspecified atom stereocenters. The van der Waals surface area contributed by atoms with Crippen LogP contribution in [0.2, 0.25) is 0 Å². The lowest BCUT2D eigenvalue weighted by atomic mass is 10.1. The molecule has 0 aromatic rings. The molecule has 1 N–H and O–H groups in total. The average Bonchev–Trinajstić information content (AvgIpc) is 2.68. The molecule has 2 atom stereocenters. The van der Waals surface area contributed by atoms with Gasteiger partial charge in [-0.2, -0.15) is 0 Å². The Hall–Kier alpha value is -0.150. The lowest BCUT2D eigenvalue weighted by molar-refractivity contribution is -0.883. The summed E-state index contributed by atoms with van der Waals surface area (Å²) in [5.74, 6) is -0.354. The molecule has 5 heteroatoms. The van der Waals surface area contributed by atoms with Crippen molar-refractivity contribution in [3.63, 3.8) is 0 Å². The van der Waals surface area contributed by atoms with E-state index in [4.69, 9.17) is 4.52 Å². The van der Waals surface area contributed by atoms with Gasteiger partial charge in [-0.05, 0) is 32.1 Å². The molecule has 4 nitrogen and oxygen atoms in total. The van der Waals surface area contributed by atoms with Crippen molar-refractivity contribution in [3.8, 4) is 0 Å². The highest BCUT2D eigenvalue weighted by Gasteiger charge is 2.41. The van der Waals surface area contributed by atoms with E-state index in [0.29, 0.717) is 17.5 Å². The third-order valence-electron chi connectivity index (χ3n) is 6.07. The molecule has 0 heterocycles. The Balaban J connectivity index is 3.49. The van der Waals surface area contributed by atoms with Crippen molar-refractivity contribution in [2.75, 3.05) is 27.7 Å². The van der Waals surface area contributed by atoms with Crippen LogP contribution >= 0.6 is 7.60 Å². The molecule has 0 amide bonds. The minimum Gasteiger partial charge on any atom is -0.320 e. The van der Waals surface area contributed by atoms with Gasteiger partial charge in [0.15, 0.2) is 5.78 Å². The minimum atomic E-state index is -3.56. The van der Waals surface area contributed by atoms with Crippen molar-refractivity contribution >= 4 is 7.60 Å². The van der Waals surface area contributed by atoms with Crippen LogP contribution in [0.25, 0.3) is 0 Å². The average molecular weight is 461 g/mol. The number of quaternary nitrogens is 1. The first kappa shape index (κ1) is 30.9. The van der Waals surface area contributed by atoms with Crippen LogP contribution < -0.4 is 0 Å². The maximum absolute atomic E-state index is 12.5. The van der Waals surface area contributed by atoms with Gasteiger partial charge in [0.2, 0.25) is 0 Å². The van der Waals surface area contributed by atoms with Crippen LogP contribution in [0.4, 0.5) is 0 Å². The summed E-state index contributed by atoms with van der Waals surface area (Å²) >= 11 is 0. The zero-order chi connectivity index (χ0) is 23.4. The van der Waals surface area contributed by atoms with Crippen LogP contribution in [0, 0.1) is 0 Å². The third-order valence-corrected chi connectivity index (χ3v) is 8.43. The molecule has 0 radical (unpaired) electrons. The first-order chi connectivity index (χ1) is 14.8. The fraction of sp³-hybridized carbons (Fsp3) is 0.923. The molecule has 0 aromatic heterocycles. The van der Waals surface area contributed by atoms with Crippen molar-refractivity contribution in [3.05, 3.63) is 12.2 Å². The SMILES string of the molecule is CCCCCCCCCCCCC=CCCCCCCOP(=O)(O)C(CC)[N+](C)(C)C. The minimum absolute atomic E-state index is 0.354. The Labute approximate surface area is 195 Å². The Kier molecular flexibility index (Phi) is 19.2. The molecule has 0 spiro atoms. The van der Waals surface area contributed by atoms with E-state index in [1.807, 2.05) is 28.1 Å². The molecule has 0 aromatic carbocycles. The summed E-state index contributed by atoms with van der Waals surface area (Å²) < 4.78 is 18.4.